The Bertz CT molecular complexity index is 560. The summed E-state index contributed by atoms with van der Waals surface area (Å²) in [4.78, 5) is 1.08. The van der Waals surface area contributed by atoms with Gasteiger partial charge in [0.05, 0.1) is 16.6 Å². The van der Waals surface area contributed by atoms with Crippen molar-refractivity contribution in [3.8, 4) is 0 Å². The molecule has 1 aromatic heterocycles. The Hall–Kier alpha value is -1.33. The van der Waals surface area contributed by atoms with E-state index in [0.717, 1.165) is 28.2 Å². The third-order valence-electron chi connectivity index (χ3n) is 3.16. The van der Waals surface area contributed by atoms with Crippen LogP contribution in [0, 0.1) is 12.7 Å². The van der Waals surface area contributed by atoms with Gasteiger partial charge in [-0.25, -0.2) is 4.39 Å². The van der Waals surface area contributed by atoms with Crippen LogP contribution in [0.5, 0.6) is 0 Å². The molecule has 3 nitrogen and oxygen atoms in total. The number of halogens is 1. The fourth-order valence-corrected chi connectivity index (χ4v) is 3.21. The highest BCUT2D eigenvalue weighted by molar-refractivity contribution is 7.05. The van der Waals surface area contributed by atoms with Crippen molar-refractivity contribution in [1.82, 2.24) is 14.9 Å². The molecule has 1 aromatic carbocycles. The number of aryl methyl sites for hydroxylation is 1. The van der Waals surface area contributed by atoms with Gasteiger partial charge in [-0.05, 0) is 54.2 Å². The molecule has 0 aliphatic rings. The second-order valence-electron chi connectivity index (χ2n) is 5.23. The Morgan fingerprint density at radius 2 is 2.05 bits per heavy atom. The quantitative estimate of drug-likeness (QED) is 0.911. The Morgan fingerprint density at radius 3 is 2.65 bits per heavy atom. The lowest BCUT2D eigenvalue weighted by Gasteiger charge is -2.19. The lowest BCUT2D eigenvalue weighted by molar-refractivity contribution is 0.600. The average Bonchev–Trinajstić information content (AvgIpc) is 2.83. The molecule has 20 heavy (non-hydrogen) atoms. The maximum atomic E-state index is 13.7. The van der Waals surface area contributed by atoms with E-state index >= 15 is 0 Å². The first-order valence-corrected chi connectivity index (χ1v) is 7.62. The highest BCUT2D eigenvalue weighted by Gasteiger charge is 2.22. The number of hydrogen-bond acceptors (Lipinski definition) is 4. The van der Waals surface area contributed by atoms with Crippen LogP contribution in [0.4, 0.5) is 4.39 Å². The van der Waals surface area contributed by atoms with Crippen molar-refractivity contribution >= 4 is 11.5 Å². The molecular formula is C15H20FN3S. The first kappa shape index (κ1) is 15.1. The van der Waals surface area contributed by atoms with Gasteiger partial charge in [-0.15, -0.1) is 5.10 Å². The number of benzene rings is 1. The van der Waals surface area contributed by atoms with Gasteiger partial charge >= 0.3 is 0 Å². The highest BCUT2D eigenvalue weighted by Crippen LogP contribution is 2.31. The summed E-state index contributed by atoms with van der Waals surface area (Å²) in [6.07, 6.45) is 0. The van der Waals surface area contributed by atoms with Crippen LogP contribution >= 0.6 is 11.5 Å². The van der Waals surface area contributed by atoms with E-state index in [2.05, 4.69) is 28.8 Å². The van der Waals surface area contributed by atoms with Gasteiger partial charge < -0.3 is 5.32 Å². The summed E-state index contributed by atoms with van der Waals surface area (Å²) < 4.78 is 17.7. The lowest BCUT2D eigenvalue weighted by atomic mass is 9.98. The van der Waals surface area contributed by atoms with Crippen LogP contribution in [0.15, 0.2) is 18.2 Å². The second-order valence-corrected chi connectivity index (χ2v) is 6.02. The van der Waals surface area contributed by atoms with Gasteiger partial charge in [0, 0.05) is 0 Å². The minimum absolute atomic E-state index is 0.0493. The lowest BCUT2D eigenvalue weighted by Crippen LogP contribution is -2.22. The smallest absolute Gasteiger partial charge is 0.123 e. The first-order chi connectivity index (χ1) is 9.52. The molecule has 0 radical (unpaired) electrons. The summed E-state index contributed by atoms with van der Waals surface area (Å²) >= 11 is 1.39. The van der Waals surface area contributed by atoms with E-state index in [-0.39, 0.29) is 11.9 Å². The standard InChI is InChI=1S/C15H20FN3S/c1-5-17-14(11-6-10(4)7-12(16)8-11)15-13(9(2)3)18-19-20-15/h6-9,14,17H,5H2,1-4H3. The van der Waals surface area contributed by atoms with Crippen LogP contribution in [0.3, 0.4) is 0 Å². The summed E-state index contributed by atoms with van der Waals surface area (Å²) in [6.45, 7) is 8.95. The number of nitrogens with one attached hydrogen (secondary N) is 1. The Kier molecular flexibility index (Phi) is 4.83. The summed E-state index contributed by atoms with van der Waals surface area (Å²) in [5.74, 6) is 0.103. The maximum absolute atomic E-state index is 13.7. The van der Waals surface area contributed by atoms with E-state index < -0.39 is 0 Å². The summed E-state index contributed by atoms with van der Waals surface area (Å²) in [5.41, 5.74) is 2.84. The molecule has 1 heterocycles. The van der Waals surface area contributed by atoms with Gasteiger partial charge in [0.25, 0.3) is 0 Å². The molecule has 1 atom stereocenters. The van der Waals surface area contributed by atoms with Crippen LogP contribution in [-0.4, -0.2) is 16.1 Å². The number of rotatable bonds is 5. The predicted octanol–water partition coefficient (Wildman–Crippen LogP) is 3.81. The molecular weight excluding hydrogens is 273 g/mol. The van der Waals surface area contributed by atoms with Gasteiger partial charge in [-0.2, -0.15) is 0 Å². The third kappa shape index (κ3) is 3.22. The SMILES string of the molecule is CCNC(c1cc(C)cc(F)c1)c1snnc1C(C)C. The summed E-state index contributed by atoms with van der Waals surface area (Å²) in [5, 5.41) is 7.64. The van der Waals surface area contributed by atoms with E-state index in [9.17, 15) is 4.39 Å². The topological polar surface area (TPSA) is 37.8 Å². The molecule has 108 valence electrons. The molecule has 0 spiro atoms. The Labute approximate surface area is 123 Å². The normalized spacial score (nSPS) is 12.9. The van der Waals surface area contributed by atoms with Crippen LogP contribution in [0.25, 0.3) is 0 Å². The van der Waals surface area contributed by atoms with Crippen molar-refractivity contribution in [2.24, 2.45) is 0 Å². The van der Waals surface area contributed by atoms with Gasteiger partial charge in [0.1, 0.15) is 5.82 Å². The summed E-state index contributed by atoms with van der Waals surface area (Å²) in [7, 11) is 0. The van der Waals surface area contributed by atoms with Crippen molar-refractivity contribution in [3.63, 3.8) is 0 Å². The maximum Gasteiger partial charge on any atom is 0.123 e. The number of nitrogens with zero attached hydrogens (tertiary/aromatic N) is 2. The van der Waals surface area contributed by atoms with Crippen molar-refractivity contribution < 1.29 is 4.39 Å². The minimum atomic E-state index is -0.202. The van der Waals surface area contributed by atoms with E-state index in [1.165, 1.54) is 11.5 Å². The fraction of sp³-hybridized carbons (Fsp3) is 0.467. The molecule has 0 saturated carbocycles. The molecule has 0 saturated heterocycles. The molecule has 0 aliphatic heterocycles. The molecule has 0 bridgehead atoms. The van der Waals surface area contributed by atoms with Crippen LogP contribution in [0.1, 0.15) is 54.4 Å². The Morgan fingerprint density at radius 1 is 1.30 bits per heavy atom. The molecule has 0 fully saturated rings. The van der Waals surface area contributed by atoms with Crippen molar-refractivity contribution in [1.29, 1.82) is 0 Å². The van der Waals surface area contributed by atoms with Crippen LogP contribution < -0.4 is 5.32 Å². The molecule has 1 unspecified atom stereocenters. The third-order valence-corrected chi connectivity index (χ3v) is 3.96. The van der Waals surface area contributed by atoms with Gasteiger partial charge in [0.15, 0.2) is 0 Å². The minimum Gasteiger partial charge on any atom is -0.306 e. The Balaban J connectivity index is 2.47. The monoisotopic (exact) mass is 293 g/mol. The summed E-state index contributed by atoms with van der Waals surface area (Å²) in [6, 6.07) is 5.09. The molecule has 1 N–H and O–H groups in total. The molecule has 2 rings (SSSR count). The van der Waals surface area contributed by atoms with E-state index in [1.807, 2.05) is 19.9 Å². The average molecular weight is 293 g/mol. The van der Waals surface area contributed by atoms with Crippen molar-refractivity contribution in [3.05, 3.63) is 45.7 Å². The van der Waals surface area contributed by atoms with E-state index in [0.29, 0.717) is 5.92 Å². The second kappa shape index (κ2) is 6.41. The molecule has 5 heteroatoms. The number of hydrogen-bond donors (Lipinski definition) is 1. The van der Waals surface area contributed by atoms with Gasteiger partial charge in [-0.1, -0.05) is 31.3 Å². The van der Waals surface area contributed by atoms with Gasteiger partial charge in [-0.3, -0.25) is 0 Å². The van der Waals surface area contributed by atoms with Crippen molar-refractivity contribution in [2.75, 3.05) is 6.54 Å². The largest absolute Gasteiger partial charge is 0.306 e. The zero-order chi connectivity index (χ0) is 14.7. The zero-order valence-electron chi connectivity index (χ0n) is 12.3. The van der Waals surface area contributed by atoms with E-state index in [1.54, 1.807) is 12.1 Å². The molecule has 2 aromatic rings. The predicted molar refractivity (Wildman–Crippen MR) is 80.7 cm³/mol. The number of aromatic nitrogens is 2. The van der Waals surface area contributed by atoms with Crippen LogP contribution in [0.2, 0.25) is 0 Å². The molecule has 0 amide bonds. The van der Waals surface area contributed by atoms with Gasteiger partial charge in [0.2, 0.25) is 0 Å². The molecule has 0 aliphatic carbocycles. The van der Waals surface area contributed by atoms with E-state index in [4.69, 9.17) is 0 Å². The zero-order valence-corrected chi connectivity index (χ0v) is 13.1. The van der Waals surface area contributed by atoms with Crippen LogP contribution in [-0.2, 0) is 0 Å². The van der Waals surface area contributed by atoms with Crippen molar-refractivity contribution in [2.45, 2.75) is 39.7 Å². The highest BCUT2D eigenvalue weighted by atomic mass is 32.1. The first-order valence-electron chi connectivity index (χ1n) is 6.85. The fourth-order valence-electron chi connectivity index (χ4n) is 2.30.